The number of nitrogens with zero attached hydrogens (tertiary/aromatic N) is 4. The zero-order chi connectivity index (χ0) is 24.3. The number of benzene rings is 2. The number of carbonyl (C=O) groups is 1. The molecule has 2 heterocycles. The van der Waals surface area contributed by atoms with E-state index in [1.807, 2.05) is 37.2 Å². The van der Waals surface area contributed by atoms with Crippen LogP contribution in [0.25, 0.3) is 10.2 Å². The molecule has 8 nitrogen and oxygen atoms in total. The highest BCUT2D eigenvalue weighted by atomic mass is 35.5. The number of rotatable bonds is 8. The Morgan fingerprint density at radius 3 is 2.37 bits per heavy atom. The molecule has 0 N–H and O–H groups in total. The lowest BCUT2D eigenvalue weighted by Gasteiger charge is -2.26. The molecule has 0 radical (unpaired) electrons. The number of hydrogen-bond donors (Lipinski definition) is 0. The molecule has 0 aliphatic carbocycles. The Balaban J connectivity index is 0.00000342. The fraction of sp³-hybridized carbons (Fsp3) is 0.417. The highest BCUT2D eigenvalue weighted by Crippen LogP contribution is 2.32. The number of thiazole rings is 1. The van der Waals surface area contributed by atoms with Gasteiger partial charge in [0.05, 0.1) is 22.2 Å². The molecular weight excluding hydrogens is 508 g/mol. The van der Waals surface area contributed by atoms with Gasteiger partial charge >= 0.3 is 0 Å². The van der Waals surface area contributed by atoms with E-state index in [-0.39, 0.29) is 23.2 Å². The van der Waals surface area contributed by atoms with Crippen molar-refractivity contribution in [1.82, 2.24) is 14.2 Å². The smallest absolute Gasteiger partial charge is 0.260 e. The normalized spacial score (nSPS) is 14.6. The van der Waals surface area contributed by atoms with E-state index in [0.29, 0.717) is 36.9 Å². The summed E-state index contributed by atoms with van der Waals surface area (Å²) in [5.41, 5.74) is 1.22. The SMILES string of the molecule is COc1ccc2nc(N(CCN(C)C)C(=O)c3ccc(S(=O)(=O)N4CCCCC4)cc3)sc2c1.Cl. The van der Waals surface area contributed by atoms with Crippen molar-refractivity contribution >= 4 is 55.0 Å². The van der Waals surface area contributed by atoms with Crippen molar-refractivity contribution in [2.75, 3.05) is 52.3 Å². The molecule has 35 heavy (non-hydrogen) atoms. The Morgan fingerprint density at radius 1 is 1.06 bits per heavy atom. The lowest BCUT2D eigenvalue weighted by atomic mass is 10.2. The molecule has 0 bridgehead atoms. The van der Waals surface area contributed by atoms with Gasteiger partial charge < -0.3 is 9.64 Å². The van der Waals surface area contributed by atoms with Crippen LogP contribution in [0.15, 0.2) is 47.4 Å². The molecule has 3 aromatic rings. The number of fused-ring (bicyclic) bond motifs is 1. The molecule has 4 rings (SSSR count). The van der Waals surface area contributed by atoms with Crippen LogP contribution < -0.4 is 9.64 Å². The Morgan fingerprint density at radius 2 is 1.74 bits per heavy atom. The van der Waals surface area contributed by atoms with Crippen molar-refractivity contribution in [1.29, 1.82) is 0 Å². The van der Waals surface area contributed by atoms with Crippen molar-refractivity contribution in [2.45, 2.75) is 24.2 Å². The third-order valence-electron chi connectivity index (χ3n) is 5.89. The molecule has 11 heteroatoms. The predicted molar refractivity (Wildman–Crippen MR) is 143 cm³/mol. The van der Waals surface area contributed by atoms with E-state index < -0.39 is 10.0 Å². The number of halogens is 1. The Hall–Kier alpha value is -2.24. The summed E-state index contributed by atoms with van der Waals surface area (Å²) in [4.78, 5) is 22.1. The highest BCUT2D eigenvalue weighted by Gasteiger charge is 2.27. The average molecular weight is 539 g/mol. The highest BCUT2D eigenvalue weighted by molar-refractivity contribution is 7.89. The Kier molecular flexibility index (Phi) is 9.11. The van der Waals surface area contributed by atoms with Crippen LogP contribution in [0, 0.1) is 0 Å². The number of methoxy groups -OCH3 is 1. The maximum atomic E-state index is 13.5. The number of carbonyl (C=O) groups excluding carboxylic acids is 1. The van der Waals surface area contributed by atoms with E-state index in [2.05, 4.69) is 4.98 Å². The van der Waals surface area contributed by atoms with E-state index >= 15 is 0 Å². The quantitative estimate of drug-likeness (QED) is 0.429. The van der Waals surface area contributed by atoms with Crippen molar-refractivity contribution in [3.05, 3.63) is 48.0 Å². The van der Waals surface area contributed by atoms with E-state index in [0.717, 1.165) is 35.2 Å². The number of likely N-dealkylation sites (N-methyl/N-ethyl adjacent to an activating group) is 1. The first kappa shape index (κ1) is 27.3. The van der Waals surface area contributed by atoms with Gasteiger partial charge in [-0.15, -0.1) is 12.4 Å². The second kappa shape index (κ2) is 11.7. The molecule has 1 amide bonds. The molecule has 1 aliphatic heterocycles. The second-order valence-electron chi connectivity index (χ2n) is 8.58. The van der Waals surface area contributed by atoms with Gasteiger partial charge in [0.2, 0.25) is 10.0 Å². The van der Waals surface area contributed by atoms with Crippen molar-refractivity contribution in [2.24, 2.45) is 0 Å². The fourth-order valence-electron chi connectivity index (χ4n) is 3.90. The predicted octanol–water partition coefficient (Wildman–Crippen LogP) is 4.11. The van der Waals surface area contributed by atoms with Gasteiger partial charge in [0.25, 0.3) is 5.91 Å². The summed E-state index contributed by atoms with van der Waals surface area (Å²) < 4.78 is 33.7. The van der Waals surface area contributed by atoms with Crippen LogP contribution in [0.1, 0.15) is 29.6 Å². The minimum Gasteiger partial charge on any atom is -0.497 e. The summed E-state index contributed by atoms with van der Waals surface area (Å²) in [6, 6.07) is 11.9. The zero-order valence-corrected chi connectivity index (χ0v) is 22.6. The van der Waals surface area contributed by atoms with Gasteiger partial charge in [-0.25, -0.2) is 13.4 Å². The van der Waals surface area contributed by atoms with Gasteiger partial charge in [0.15, 0.2) is 5.13 Å². The lowest BCUT2D eigenvalue weighted by Crippen LogP contribution is -2.37. The van der Waals surface area contributed by atoms with Gasteiger partial charge in [0, 0.05) is 31.7 Å². The van der Waals surface area contributed by atoms with Crippen LogP contribution in [0.2, 0.25) is 0 Å². The van der Waals surface area contributed by atoms with E-state index in [1.165, 1.54) is 27.8 Å². The maximum Gasteiger partial charge on any atom is 0.260 e. The van der Waals surface area contributed by atoms with Gasteiger partial charge in [-0.05, 0) is 69.4 Å². The number of hydrogen-bond acceptors (Lipinski definition) is 7. The first-order valence-electron chi connectivity index (χ1n) is 11.3. The molecule has 0 saturated carbocycles. The average Bonchev–Trinajstić information content (AvgIpc) is 3.27. The molecule has 2 aromatic carbocycles. The van der Waals surface area contributed by atoms with E-state index in [1.54, 1.807) is 24.1 Å². The minimum atomic E-state index is -3.54. The summed E-state index contributed by atoms with van der Waals surface area (Å²) >= 11 is 1.43. The summed E-state index contributed by atoms with van der Waals surface area (Å²) in [5, 5.41) is 0.597. The molecule has 0 unspecified atom stereocenters. The summed E-state index contributed by atoms with van der Waals surface area (Å²) in [5.74, 6) is 0.522. The second-order valence-corrected chi connectivity index (χ2v) is 11.5. The number of ether oxygens (including phenoxy) is 1. The van der Waals surface area contributed by atoms with Crippen LogP contribution in [0.3, 0.4) is 0 Å². The van der Waals surface area contributed by atoms with Crippen molar-refractivity contribution in [3.8, 4) is 5.75 Å². The first-order valence-corrected chi connectivity index (χ1v) is 13.6. The lowest BCUT2D eigenvalue weighted by molar-refractivity contribution is 0.0985. The third-order valence-corrected chi connectivity index (χ3v) is 8.84. The van der Waals surface area contributed by atoms with Crippen molar-refractivity contribution < 1.29 is 17.9 Å². The maximum absolute atomic E-state index is 13.5. The van der Waals surface area contributed by atoms with E-state index in [4.69, 9.17) is 4.74 Å². The molecule has 1 fully saturated rings. The molecular formula is C24H31ClN4O4S2. The van der Waals surface area contributed by atoms with Crippen LogP contribution in [-0.2, 0) is 10.0 Å². The van der Waals surface area contributed by atoms with Crippen molar-refractivity contribution in [3.63, 3.8) is 0 Å². The van der Waals surface area contributed by atoms with Crippen LogP contribution in [0.5, 0.6) is 5.75 Å². The largest absolute Gasteiger partial charge is 0.497 e. The zero-order valence-electron chi connectivity index (χ0n) is 20.1. The Bertz CT molecular complexity index is 1260. The van der Waals surface area contributed by atoms with Gasteiger partial charge in [0.1, 0.15) is 5.75 Å². The summed E-state index contributed by atoms with van der Waals surface area (Å²) in [7, 11) is 1.97. The molecule has 1 aliphatic rings. The monoisotopic (exact) mass is 538 g/mol. The fourth-order valence-corrected chi connectivity index (χ4v) is 6.43. The van der Waals surface area contributed by atoms with Gasteiger partial charge in [-0.2, -0.15) is 4.31 Å². The number of amides is 1. The minimum absolute atomic E-state index is 0. The standard InChI is InChI=1S/C24H30N4O4S2.ClH/c1-26(2)15-16-28(24-25-21-12-9-19(32-3)17-22(21)33-24)23(29)18-7-10-20(11-8-18)34(30,31)27-13-5-4-6-14-27;/h7-12,17H,4-6,13-16H2,1-3H3;1H. The van der Waals surface area contributed by atoms with E-state index in [9.17, 15) is 13.2 Å². The summed E-state index contributed by atoms with van der Waals surface area (Å²) in [6.45, 7) is 2.20. The molecule has 190 valence electrons. The number of sulfonamides is 1. The number of aromatic nitrogens is 1. The van der Waals surface area contributed by atoms with Crippen LogP contribution in [0.4, 0.5) is 5.13 Å². The van der Waals surface area contributed by atoms with Gasteiger partial charge in [-0.3, -0.25) is 9.69 Å². The molecule has 1 saturated heterocycles. The third kappa shape index (κ3) is 6.13. The topological polar surface area (TPSA) is 83.0 Å². The first-order chi connectivity index (χ1) is 16.3. The van der Waals surface area contributed by atoms with Gasteiger partial charge in [-0.1, -0.05) is 17.8 Å². The molecule has 0 spiro atoms. The summed E-state index contributed by atoms with van der Waals surface area (Å²) in [6.07, 6.45) is 2.82. The number of anilines is 1. The molecule has 1 aromatic heterocycles. The number of piperidine rings is 1. The molecule has 0 atom stereocenters. The Labute approximate surface area is 217 Å². The van der Waals surface area contributed by atoms with Crippen LogP contribution in [-0.4, -0.2) is 75.9 Å². The van der Waals surface area contributed by atoms with Crippen LogP contribution >= 0.6 is 23.7 Å².